The van der Waals surface area contributed by atoms with E-state index in [0.29, 0.717) is 11.5 Å². The zero-order valence-electron chi connectivity index (χ0n) is 8.35. The Bertz CT molecular complexity index is 474. The number of para-hydroxylation sites is 1. The van der Waals surface area contributed by atoms with Gasteiger partial charge in [-0.2, -0.15) is 0 Å². The van der Waals surface area contributed by atoms with Gasteiger partial charge in [0.15, 0.2) is 0 Å². The van der Waals surface area contributed by atoms with E-state index in [4.69, 9.17) is 9.94 Å². The van der Waals surface area contributed by atoms with Crippen molar-refractivity contribution in [1.82, 2.24) is 0 Å². The van der Waals surface area contributed by atoms with Gasteiger partial charge in [-0.1, -0.05) is 18.2 Å². The molecular weight excluding hydrogens is 209 g/mol. The second-order valence-electron chi connectivity index (χ2n) is 3.20. The quantitative estimate of drug-likeness (QED) is 0.777. The summed E-state index contributed by atoms with van der Waals surface area (Å²) in [4.78, 5) is 0. The van der Waals surface area contributed by atoms with E-state index in [-0.39, 0.29) is 5.69 Å². The van der Waals surface area contributed by atoms with Gasteiger partial charge in [-0.05, 0) is 18.2 Å². The van der Waals surface area contributed by atoms with Crippen molar-refractivity contribution in [2.75, 3.05) is 5.48 Å². The van der Waals surface area contributed by atoms with Gasteiger partial charge >= 0.3 is 0 Å². The molecule has 0 aliphatic rings. The monoisotopic (exact) mass is 219 g/mol. The van der Waals surface area contributed by atoms with Crippen molar-refractivity contribution in [1.29, 1.82) is 0 Å². The summed E-state index contributed by atoms with van der Waals surface area (Å²) >= 11 is 0. The SMILES string of the molecule is ONc1cc(F)cc(Oc2ccccc2)c1. The third-order valence-corrected chi connectivity index (χ3v) is 1.98. The van der Waals surface area contributed by atoms with Gasteiger partial charge in [0.2, 0.25) is 0 Å². The lowest BCUT2D eigenvalue weighted by atomic mass is 10.3. The molecule has 0 aliphatic carbocycles. The van der Waals surface area contributed by atoms with Crippen LogP contribution in [0, 0.1) is 5.82 Å². The van der Waals surface area contributed by atoms with Crippen LogP contribution in [0.4, 0.5) is 10.1 Å². The molecule has 0 amide bonds. The fourth-order valence-electron chi connectivity index (χ4n) is 1.31. The van der Waals surface area contributed by atoms with Crippen LogP contribution in [0.25, 0.3) is 0 Å². The van der Waals surface area contributed by atoms with Gasteiger partial charge in [0.05, 0.1) is 5.69 Å². The van der Waals surface area contributed by atoms with Gasteiger partial charge in [0.1, 0.15) is 17.3 Å². The number of hydrogen-bond acceptors (Lipinski definition) is 3. The minimum atomic E-state index is -0.481. The maximum absolute atomic E-state index is 13.1. The molecule has 3 nitrogen and oxygen atoms in total. The third-order valence-electron chi connectivity index (χ3n) is 1.98. The molecule has 2 aromatic rings. The summed E-state index contributed by atoms with van der Waals surface area (Å²) in [6, 6.07) is 12.9. The lowest BCUT2D eigenvalue weighted by molar-refractivity contribution is 0.387. The molecule has 0 saturated heterocycles. The van der Waals surface area contributed by atoms with Crippen LogP contribution in [0.2, 0.25) is 0 Å². The first-order chi connectivity index (χ1) is 7.78. The Labute approximate surface area is 92.1 Å². The molecule has 0 heterocycles. The zero-order chi connectivity index (χ0) is 11.4. The zero-order valence-corrected chi connectivity index (χ0v) is 8.35. The largest absolute Gasteiger partial charge is 0.457 e. The molecule has 16 heavy (non-hydrogen) atoms. The van der Waals surface area contributed by atoms with Gasteiger partial charge in [0, 0.05) is 12.1 Å². The molecule has 0 spiro atoms. The molecule has 0 atom stereocenters. The minimum absolute atomic E-state index is 0.242. The number of nitrogens with one attached hydrogen (secondary N) is 1. The summed E-state index contributed by atoms with van der Waals surface area (Å²) in [5.74, 6) is 0.449. The van der Waals surface area contributed by atoms with Crippen molar-refractivity contribution in [2.45, 2.75) is 0 Å². The summed E-state index contributed by atoms with van der Waals surface area (Å²) in [5, 5.41) is 8.68. The van der Waals surface area contributed by atoms with Gasteiger partial charge in [0.25, 0.3) is 0 Å². The van der Waals surface area contributed by atoms with Crippen molar-refractivity contribution >= 4 is 5.69 Å². The van der Waals surface area contributed by atoms with E-state index in [1.54, 1.807) is 12.1 Å². The normalized spacial score (nSPS) is 9.88. The van der Waals surface area contributed by atoms with Crippen molar-refractivity contribution in [3.05, 3.63) is 54.3 Å². The van der Waals surface area contributed by atoms with Crippen molar-refractivity contribution < 1.29 is 14.3 Å². The summed E-state index contributed by atoms with van der Waals surface area (Å²) < 4.78 is 18.5. The topological polar surface area (TPSA) is 41.5 Å². The van der Waals surface area contributed by atoms with Crippen molar-refractivity contribution in [3.8, 4) is 11.5 Å². The predicted molar refractivity (Wildman–Crippen MR) is 58.3 cm³/mol. The second-order valence-corrected chi connectivity index (χ2v) is 3.20. The van der Waals surface area contributed by atoms with Crippen LogP contribution in [0.3, 0.4) is 0 Å². The van der Waals surface area contributed by atoms with Gasteiger partial charge in [-0.15, -0.1) is 0 Å². The second kappa shape index (κ2) is 4.63. The first-order valence-corrected chi connectivity index (χ1v) is 4.71. The number of ether oxygens (including phenoxy) is 1. The molecule has 0 bridgehead atoms. The Morgan fingerprint density at radius 1 is 1.00 bits per heavy atom. The first kappa shape index (κ1) is 10.4. The Kier molecular flexibility index (Phi) is 3.03. The van der Waals surface area contributed by atoms with E-state index < -0.39 is 5.82 Å². The number of hydrogen-bond donors (Lipinski definition) is 2. The molecule has 0 fully saturated rings. The summed E-state index contributed by atoms with van der Waals surface area (Å²) in [7, 11) is 0. The lowest BCUT2D eigenvalue weighted by Gasteiger charge is -2.07. The van der Waals surface area contributed by atoms with Crippen molar-refractivity contribution in [3.63, 3.8) is 0 Å². The maximum atomic E-state index is 13.1. The number of anilines is 1. The van der Waals surface area contributed by atoms with Crippen LogP contribution in [0.5, 0.6) is 11.5 Å². The maximum Gasteiger partial charge on any atom is 0.132 e. The van der Waals surface area contributed by atoms with E-state index in [1.165, 1.54) is 12.1 Å². The van der Waals surface area contributed by atoms with Gasteiger partial charge in [-0.3, -0.25) is 10.7 Å². The van der Waals surface area contributed by atoms with E-state index >= 15 is 0 Å². The highest BCUT2D eigenvalue weighted by molar-refractivity contribution is 5.48. The Hall–Kier alpha value is -2.07. The minimum Gasteiger partial charge on any atom is -0.457 e. The number of benzene rings is 2. The smallest absolute Gasteiger partial charge is 0.132 e. The molecule has 82 valence electrons. The molecule has 0 unspecified atom stereocenters. The average molecular weight is 219 g/mol. The van der Waals surface area contributed by atoms with Crippen LogP contribution < -0.4 is 10.2 Å². The van der Waals surface area contributed by atoms with E-state index in [1.807, 2.05) is 23.7 Å². The van der Waals surface area contributed by atoms with Crippen LogP contribution in [0.15, 0.2) is 48.5 Å². The average Bonchev–Trinajstić information content (AvgIpc) is 2.29. The number of halogens is 1. The third kappa shape index (κ3) is 2.49. The van der Waals surface area contributed by atoms with Crippen LogP contribution in [-0.2, 0) is 0 Å². The van der Waals surface area contributed by atoms with E-state index in [9.17, 15) is 4.39 Å². The van der Waals surface area contributed by atoms with E-state index in [0.717, 1.165) is 6.07 Å². The Morgan fingerprint density at radius 2 is 1.75 bits per heavy atom. The summed E-state index contributed by atoms with van der Waals surface area (Å²) in [5.41, 5.74) is 2.12. The van der Waals surface area contributed by atoms with Crippen LogP contribution in [0.1, 0.15) is 0 Å². The molecule has 0 aromatic heterocycles. The molecule has 4 heteroatoms. The molecule has 2 N–H and O–H groups in total. The summed E-state index contributed by atoms with van der Waals surface area (Å²) in [6.45, 7) is 0. The predicted octanol–water partition coefficient (Wildman–Crippen LogP) is 3.42. The molecular formula is C12H10FNO2. The van der Waals surface area contributed by atoms with Gasteiger partial charge < -0.3 is 4.74 Å². The standard InChI is InChI=1S/C12H10FNO2/c13-9-6-10(14-15)8-12(7-9)16-11-4-2-1-3-5-11/h1-8,14-15H. The highest BCUT2D eigenvalue weighted by Crippen LogP contribution is 2.25. The van der Waals surface area contributed by atoms with Crippen molar-refractivity contribution in [2.24, 2.45) is 0 Å². The first-order valence-electron chi connectivity index (χ1n) is 4.71. The Morgan fingerprint density at radius 3 is 2.44 bits per heavy atom. The molecule has 0 radical (unpaired) electrons. The molecule has 2 aromatic carbocycles. The molecule has 0 saturated carbocycles. The highest BCUT2D eigenvalue weighted by Gasteiger charge is 2.02. The van der Waals surface area contributed by atoms with E-state index in [2.05, 4.69) is 0 Å². The van der Waals surface area contributed by atoms with Crippen LogP contribution >= 0.6 is 0 Å². The lowest BCUT2D eigenvalue weighted by Crippen LogP contribution is -1.92. The molecule has 2 rings (SSSR count). The fourth-order valence-corrected chi connectivity index (χ4v) is 1.31. The fraction of sp³-hybridized carbons (Fsp3) is 0. The molecule has 0 aliphatic heterocycles. The number of rotatable bonds is 3. The Balaban J connectivity index is 2.24. The van der Waals surface area contributed by atoms with Gasteiger partial charge in [-0.25, -0.2) is 4.39 Å². The summed E-state index contributed by atoms with van der Waals surface area (Å²) in [6.07, 6.45) is 0. The van der Waals surface area contributed by atoms with Crippen LogP contribution in [-0.4, -0.2) is 5.21 Å². The highest BCUT2D eigenvalue weighted by atomic mass is 19.1.